The van der Waals surface area contributed by atoms with E-state index in [-0.39, 0.29) is 5.69 Å². The average Bonchev–Trinajstić information content (AvgIpc) is 3.01. The average molecular weight is 291 g/mol. The van der Waals surface area contributed by atoms with Crippen molar-refractivity contribution in [1.29, 1.82) is 0 Å². The van der Waals surface area contributed by atoms with Crippen molar-refractivity contribution in [2.75, 3.05) is 44.2 Å². The van der Waals surface area contributed by atoms with Gasteiger partial charge in [-0.1, -0.05) is 6.07 Å². The molecule has 0 aliphatic carbocycles. The first-order valence-corrected chi connectivity index (χ1v) is 7.51. The number of hydrogen-bond donors (Lipinski definition) is 1. The van der Waals surface area contributed by atoms with E-state index >= 15 is 0 Å². The molecule has 0 amide bonds. The molecule has 6 nitrogen and oxygen atoms in total. The number of pyridine rings is 1. The number of carboxylic acid groups (broad SMARTS) is 1. The SMILES string of the molecule is O=C(O)c1cccc(N2CCN(CC3CCCO3)CC2)n1. The van der Waals surface area contributed by atoms with Crippen molar-refractivity contribution in [3.63, 3.8) is 0 Å². The Kier molecular flexibility index (Phi) is 4.36. The lowest BCUT2D eigenvalue weighted by molar-refractivity contribution is 0.0688. The van der Waals surface area contributed by atoms with Gasteiger partial charge in [-0.15, -0.1) is 0 Å². The number of ether oxygens (including phenoxy) is 1. The fourth-order valence-electron chi connectivity index (χ4n) is 2.95. The highest BCUT2D eigenvalue weighted by Crippen LogP contribution is 2.17. The molecule has 2 saturated heterocycles. The summed E-state index contributed by atoms with van der Waals surface area (Å²) in [7, 11) is 0. The van der Waals surface area contributed by atoms with Crippen molar-refractivity contribution in [3.8, 4) is 0 Å². The second-order valence-electron chi connectivity index (χ2n) is 5.61. The summed E-state index contributed by atoms with van der Waals surface area (Å²) in [5.41, 5.74) is 0.106. The lowest BCUT2D eigenvalue weighted by atomic mass is 10.2. The molecule has 1 unspecified atom stereocenters. The Hall–Kier alpha value is -1.66. The molecule has 0 saturated carbocycles. The molecule has 1 N–H and O–H groups in total. The molecule has 0 radical (unpaired) electrons. The number of rotatable bonds is 4. The molecule has 2 aliphatic heterocycles. The quantitative estimate of drug-likeness (QED) is 0.895. The van der Waals surface area contributed by atoms with Crippen LogP contribution in [0.2, 0.25) is 0 Å². The third-order valence-corrected chi connectivity index (χ3v) is 4.14. The van der Waals surface area contributed by atoms with Gasteiger partial charge in [-0.3, -0.25) is 4.90 Å². The van der Waals surface area contributed by atoms with Crippen LogP contribution in [-0.4, -0.2) is 66.4 Å². The van der Waals surface area contributed by atoms with Gasteiger partial charge >= 0.3 is 5.97 Å². The van der Waals surface area contributed by atoms with Gasteiger partial charge in [0.25, 0.3) is 0 Å². The Labute approximate surface area is 124 Å². The van der Waals surface area contributed by atoms with Crippen LogP contribution in [0.3, 0.4) is 0 Å². The van der Waals surface area contributed by atoms with Crippen LogP contribution in [0, 0.1) is 0 Å². The minimum absolute atomic E-state index is 0.106. The van der Waals surface area contributed by atoms with Crippen LogP contribution in [0.4, 0.5) is 5.82 Å². The van der Waals surface area contributed by atoms with Gasteiger partial charge in [0.1, 0.15) is 5.82 Å². The first-order valence-electron chi connectivity index (χ1n) is 7.51. The van der Waals surface area contributed by atoms with Crippen molar-refractivity contribution in [2.24, 2.45) is 0 Å². The highest BCUT2D eigenvalue weighted by Gasteiger charge is 2.23. The maximum absolute atomic E-state index is 11.0. The Bertz CT molecular complexity index is 495. The second-order valence-corrected chi connectivity index (χ2v) is 5.61. The Balaban J connectivity index is 1.55. The first-order chi connectivity index (χ1) is 10.2. The molecule has 114 valence electrons. The summed E-state index contributed by atoms with van der Waals surface area (Å²) in [6.07, 6.45) is 2.74. The van der Waals surface area contributed by atoms with E-state index in [9.17, 15) is 4.79 Å². The summed E-state index contributed by atoms with van der Waals surface area (Å²) in [4.78, 5) is 19.8. The molecule has 1 aromatic rings. The number of anilines is 1. The molecule has 21 heavy (non-hydrogen) atoms. The van der Waals surface area contributed by atoms with Crippen LogP contribution in [0.5, 0.6) is 0 Å². The van der Waals surface area contributed by atoms with Crippen LogP contribution in [0.15, 0.2) is 18.2 Å². The van der Waals surface area contributed by atoms with Gasteiger partial charge in [0.2, 0.25) is 0 Å². The number of aromatic nitrogens is 1. The molecule has 3 rings (SSSR count). The highest BCUT2D eigenvalue weighted by atomic mass is 16.5. The molecule has 1 atom stereocenters. The van der Waals surface area contributed by atoms with E-state index in [0.717, 1.165) is 45.1 Å². The van der Waals surface area contributed by atoms with Gasteiger partial charge in [-0.2, -0.15) is 0 Å². The summed E-state index contributed by atoms with van der Waals surface area (Å²) in [6.45, 7) is 5.61. The molecular weight excluding hydrogens is 270 g/mol. The summed E-state index contributed by atoms with van der Waals surface area (Å²) in [6, 6.07) is 5.16. The zero-order valence-electron chi connectivity index (χ0n) is 12.1. The van der Waals surface area contributed by atoms with Crippen molar-refractivity contribution >= 4 is 11.8 Å². The predicted molar refractivity (Wildman–Crippen MR) is 78.8 cm³/mol. The summed E-state index contributed by atoms with van der Waals surface area (Å²) >= 11 is 0. The van der Waals surface area contributed by atoms with E-state index in [1.54, 1.807) is 6.07 Å². The summed E-state index contributed by atoms with van der Waals surface area (Å²) in [5.74, 6) is -0.222. The molecule has 6 heteroatoms. The molecule has 2 aliphatic rings. The van der Waals surface area contributed by atoms with Gasteiger partial charge in [-0.25, -0.2) is 9.78 Å². The van der Waals surface area contributed by atoms with Crippen molar-refractivity contribution in [2.45, 2.75) is 18.9 Å². The lowest BCUT2D eigenvalue weighted by Crippen LogP contribution is -2.48. The fourth-order valence-corrected chi connectivity index (χ4v) is 2.95. The van der Waals surface area contributed by atoms with Gasteiger partial charge in [-0.05, 0) is 25.0 Å². The minimum Gasteiger partial charge on any atom is -0.477 e. The second kappa shape index (κ2) is 6.41. The van der Waals surface area contributed by atoms with Gasteiger partial charge in [0.15, 0.2) is 5.69 Å². The molecule has 0 aromatic carbocycles. The number of carboxylic acids is 1. The van der Waals surface area contributed by atoms with E-state index < -0.39 is 5.97 Å². The third-order valence-electron chi connectivity index (χ3n) is 4.14. The predicted octanol–water partition coefficient (Wildman–Crippen LogP) is 1.08. The maximum Gasteiger partial charge on any atom is 0.354 e. The van der Waals surface area contributed by atoms with Gasteiger partial charge < -0.3 is 14.7 Å². The highest BCUT2D eigenvalue weighted by molar-refractivity contribution is 5.85. The van der Waals surface area contributed by atoms with Gasteiger partial charge in [0.05, 0.1) is 6.10 Å². The number of carbonyl (C=O) groups is 1. The van der Waals surface area contributed by atoms with Crippen LogP contribution in [0.25, 0.3) is 0 Å². The van der Waals surface area contributed by atoms with Crippen LogP contribution < -0.4 is 4.90 Å². The largest absolute Gasteiger partial charge is 0.477 e. The Morgan fingerprint density at radius 3 is 2.81 bits per heavy atom. The minimum atomic E-state index is -0.978. The van der Waals surface area contributed by atoms with Crippen molar-refractivity contribution in [3.05, 3.63) is 23.9 Å². The molecule has 1 aromatic heterocycles. The van der Waals surface area contributed by atoms with Crippen molar-refractivity contribution < 1.29 is 14.6 Å². The topological polar surface area (TPSA) is 65.9 Å². The number of piperazine rings is 1. The fraction of sp³-hybridized carbons (Fsp3) is 0.600. The smallest absolute Gasteiger partial charge is 0.354 e. The number of hydrogen-bond acceptors (Lipinski definition) is 5. The molecular formula is C15H21N3O3. The number of aromatic carboxylic acids is 1. The van der Waals surface area contributed by atoms with Gasteiger partial charge in [0, 0.05) is 39.3 Å². The summed E-state index contributed by atoms with van der Waals surface area (Å²) < 4.78 is 5.68. The number of nitrogens with zero attached hydrogens (tertiary/aromatic N) is 3. The standard InChI is InChI=1S/C15H21N3O3/c19-15(20)13-4-1-5-14(16-13)18-8-6-17(7-9-18)11-12-3-2-10-21-12/h1,4-5,12H,2-3,6-11H2,(H,19,20). The normalized spacial score (nSPS) is 23.4. The van der Waals surface area contributed by atoms with E-state index in [1.807, 2.05) is 6.07 Å². The van der Waals surface area contributed by atoms with Crippen molar-refractivity contribution in [1.82, 2.24) is 9.88 Å². The molecule has 0 bridgehead atoms. The first kappa shape index (κ1) is 14.3. The third kappa shape index (κ3) is 3.51. The van der Waals surface area contributed by atoms with Crippen LogP contribution >= 0.6 is 0 Å². The van der Waals surface area contributed by atoms with Crippen LogP contribution in [-0.2, 0) is 4.74 Å². The lowest BCUT2D eigenvalue weighted by Gasteiger charge is -2.36. The van der Waals surface area contributed by atoms with E-state index in [2.05, 4.69) is 14.8 Å². The Morgan fingerprint density at radius 2 is 2.14 bits per heavy atom. The molecule has 3 heterocycles. The van der Waals surface area contributed by atoms with Crippen LogP contribution in [0.1, 0.15) is 23.3 Å². The molecule has 0 spiro atoms. The van der Waals surface area contributed by atoms with E-state index in [4.69, 9.17) is 9.84 Å². The molecule has 2 fully saturated rings. The van der Waals surface area contributed by atoms with E-state index in [0.29, 0.717) is 6.10 Å². The zero-order valence-corrected chi connectivity index (χ0v) is 12.1. The summed E-state index contributed by atoms with van der Waals surface area (Å²) in [5, 5.41) is 9.01. The monoisotopic (exact) mass is 291 g/mol. The maximum atomic E-state index is 11.0. The van der Waals surface area contributed by atoms with E-state index in [1.165, 1.54) is 18.9 Å². The zero-order chi connectivity index (χ0) is 14.7. The Morgan fingerprint density at radius 1 is 1.33 bits per heavy atom.